The lowest BCUT2D eigenvalue weighted by Gasteiger charge is -2.29. The van der Waals surface area contributed by atoms with Crippen molar-refractivity contribution in [2.24, 2.45) is 0 Å². The second-order valence-corrected chi connectivity index (χ2v) is 6.29. The number of nitrogens with zero attached hydrogens (tertiary/aromatic N) is 2. The molecule has 6 nitrogen and oxygen atoms in total. The summed E-state index contributed by atoms with van der Waals surface area (Å²) in [6.45, 7) is -0.0861. The molecule has 1 fully saturated rings. The molecule has 0 saturated carbocycles. The zero-order chi connectivity index (χ0) is 18.5. The molecule has 0 spiro atoms. The van der Waals surface area contributed by atoms with Gasteiger partial charge in [-0.1, -0.05) is 6.07 Å². The summed E-state index contributed by atoms with van der Waals surface area (Å²) in [5.41, 5.74) is -1.28. The third-order valence-corrected chi connectivity index (χ3v) is 4.44. The van der Waals surface area contributed by atoms with Crippen LogP contribution in [0.3, 0.4) is 0 Å². The van der Waals surface area contributed by atoms with Gasteiger partial charge in [0, 0.05) is 32.7 Å². The maximum absolute atomic E-state index is 13.6. The van der Waals surface area contributed by atoms with Crippen molar-refractivity contribution in [3.8, 4) is 0 Å². The fraction of sp³-hybridized carbons (Fsp3) is 0.438. The van der Waals surface area contributed by atoms with Gasteiger partial charge in [-0.15, -0.1) is 0 Å². The van der Waals surface area contributed by atoms with Crippen LogP contribution in [0.5, 0.6) is 0 Å². The molecule has 3 rings (SSSR count). The van der Waals surface area contributed by atoms with Gasteiger partial charge in [0.2, 0.25) is 11.8 Å². The van der Waals surface area contributed by atoms with Crippen LogP contribution < -0.4 is 10.2 Å². The lowest BCUT2D eigenvalue weighted by molar-refractivity contribution is -0.137. The molecule has 1 N–H and O–H groups in total. The van der Waals surface area contributed by atoms with Crippen LogP contribution in [-0.4, -0.2) is 42.8 Å². The van der Waals surface area contributed by atoms with Crippen LogP contribution in [-0.2, 0) is 22.3 Å². The number of anilines is 1. The van der Waals surface area contributed by atoms with E-state index in [9.17, 15) is 27.6 Å². The molecule has 1 aromatic carbocycles. The van der Waals surface area contributed by atoms with Crippen molar-refractivity contribution in [1.82, 2.24) is 10.2 Å². The normalized spacial score (nSPS) is 20.6. The first kappa shape index (κ1) is 17.2. The summed E-state index contributed by atoms with van der Waals surface area (Å²) in [6, 6.07) is 1.86. The summed E-state index contributed by atoms with van der Waals surface area (Å²) in [5.74, 6) is -1.93. The van der Waals surface area contributed by atoms with E-state index in [1.165, 1.54) is 31.1 Å². The zero-order valence-corrected chi connectivity index (χ0v) is 13.6. The lowest BCUT2D eigenvalue weighted by Crippen LogP contribution is -2.52. The Balaban J connectivity index is 2.05. The van der Waals surface area contributed by atoms with Crippen molar-refractivity contribution in [2.75, 3.05) is 19.0 Å². The first-order valence-corrected chi connectivity index (χ1v) is 7.66. The van der Waals surface area contributed by atoms with E-state index in [1.807, 2.05) is 0 Å². The molecule has 1 aromatic rings. The van der Waals surface area contributed by atoms with Gasteiger partial charge < -0.3 is 9.80 Å². The van der Waals surface area contributed by atoms with Crippen molar-refractivity contribution < 1.29 is 27.6 Å². The first-order valence-electron chi connectivity index (χ1n) is 7.66. The van der Waals surface area contributed by atoms with Crippen LogP contribution in [0.1, 0.15) is 34.3 Å². The fourth-order valence-electron chi connectivity index (χ4n) is 3.30. The number of alkyl halides is 3. The van der Waals surface area contributed by atoms with Gasteiger partial charge in [-0.05, 0) is 18.1 Å². The molecule has 0 aliphatic carbocycles. The van der Waals surface area contributed by atoms with Gasteiger partial charge in [-0.3, -0.25) is 19.7 Å². The maximum Gasteiger partial charge on any atom is 0.419 e. The number of imide groups is 1. The van der Waals surface area contributed by atoms with Gasteiger partial charge >= 0.3 is 6.18 Å². The minimum atomic E-state index is -4.71. The molecule has 0 aromatic heterocycles. The number of piperidine rings is 1. The molecule has 0 bridgehead atoms. The summed E-state index contributed by atoms with van der Waals surface area (Å²) >= 11 is 0. The Kier molecular flexibility index (Phi) is 3.97. The van der Waals surface area contributed by atoms with Gasteiger partial charge in [0.1, 0.15) is 6.04 Å². The molecule has 3 amide bonds. The van der Waals surface area contributed by atoms with E-state index >= 15 is 0 Å². The fourth-order valence-corrected chi connectivity index (χ4v) is 3.30. The maximum atomic E-state index is 13.6. The number of carbonyl (C=O) groups is 3. The van der Waals surface area contributed by atoms with Crippen molar-refractivity contribution in [3.05, 3.63) is 28.8 Å². The predicted molar refractivity (Wildman–Crippen MR) is 81.8 cm³/mol. The Labute approximate surface area is 141 Å². The summed E-state index contributed by atoms with van der Waals surface area (Å²) in [5, 5.41) is 2.13. The number of carbonyl (C=O) groups excluding carboxylic acids is 3. The molecule has 2 aliphatic heterocycles. The van der Waals surface area contributed by atoms with Crippen LogP contribution in [0.15, 0.2) is 12.1 Å². The first-order chi connectivity index (χ1) is 11.6. The summed E-state index contributed by atoms with van der Waals surface area (Å²) in [4.78, 5) is 38.4. The number of benzene rings is 1. The topological polar surface area (TPSA) is 69.7 Å². The summed E-state index contributed by atoms with van der Waals surface area (Å²) in [7, 11) is 2.93. The SMILES string of the molecule is CN(C)c1ccc2c(c1C(F)(F)F)C(=O)N(C1CCC(=O)NC1=O)C2. The Hall–Kier alpha value is -2.58. The van der Waals surface area contributed by atoms with Crippen LogP contribution >= 0.6 is 0 Å². The summed E-state index contributed by atoms with van der Waals surface area (Å²) in [6.07, 6.45) is -4.56. The molecule has 1 unspecified atom stereocenters. The Morgan fingerprint density at radius 1 is 1.20 bits per heavy atom. The van der Waals surface area contributed by atoms with E-state index in [1.54, 1.807) is 0 Å². The molecule has 2 aliphatic rings. The number of nitrogens with one attached hydrogen (secondary N) is 1. The number of hydrogen-bond donors (Lipinski definition) is 1. The van der Waals surface area contributed by atoms with E-state index in [-0.39, 0.29) is 30.6 Å². The van der Waals surface area contributed by atoms with Crippen LogP contribution in [0.25, 0.3) is 0 Å². The number of halogens is 3. The second-order valence-electron chi connectivity index (χ2n) is 6.29. The highest BCUT2D eigenvalue weighted by atomic mass is 19.4. The smallest absolute Gasteiger partial charge is 0.377 e. The van der Waals surface area contributed by atoms with Crippen molar-refractivity contribution in [3.63, 3.8) is 0 Å². The van der Waals surface area contributed by atoms with Gasteiger partial charge in [-0.2, -0.15) is 13.2 Å². The quantitative estimate of drug-likeness (QED) is 0.817. The molecule has 9 heteroatoms. The largest absolute Gasteiger partial charge is 0.419 e. The Morgan fingerprint density at radius 2 is 1.88 bits per heavy atom. The van der Waals surface area contributed by atoms with Crippen LogP contribution in [0.2, 0.25) is 0 Å². The van der Waals surface area contributed by atoms with E-state index in [0.29, 0.717) is 0 Å². The monoisotopic (exact) mass is 355 g/mol. The third kappa shape index (κ3) is 2.83. The predicted octanol–water partition coefficient (Wildman–Crippen LogP) is 1.53. The Bertz CT molecular complexity index is 774. The number of rotatable bonds is 2. The second kappa shape index (κ2) is 5.75. The highest BCUT2D eigenvalue weighted by molar-refractivity contribution is 6.06. The van der Waals surface area contributed by atoms with Crippen molar-refractivity contribution in [1.29, 1.82) is 0 Å². The van der Waals surface area contributed by atoms with E-state index in [0.717, 1.165) is 4.90 Å². The number of fused-ring (bicyclic) bond motifs is 1. The van der Waals surface area contributed by atoms with E-state index in [2.05, 4.69) is 5.32 Å². The van der Waals surface area contributed by atoms with Gasteiger partial charge in [0.25, 0.3) is 5.91 Å². The van der Waals surface area contributed by atoms with Crippen molar-refractivity contribution in [2.45, 2.75) is 31.6 Å². The molecule has 25 heavy (non-hydrogen) atoms. The third-order valence-electron chi connectivity index (χ3n) is 4.44. The highest BCUT2D eigenvalue weighted by Crippen LogP contribution is 2.43. The minimum Gasteiger partial charge on any atom is -0.377 e. The average molecular weight is 355 g/mol. The molecule has 1 atom stereocenters. The molecule has 2 heterocycles. The molecule has 134 valence electrons. The molecule has 0 radical (unpaired) electrons. The van der Waals surface area contributed by atoms with Crippen LogP contribution in [0.4, 0.5) is 18.9 Å². The number of hydrogen-bond acceptors (Lipinski definition) is 4. The minimum absolute atomic E-state index is 0.0472. The average Bonchev–Trinajstić information content (AvgIpc) is 2.82. The Morgan fingerprint density at radius 3 is 2.44 bits per heavy atom. The molecule has 1 saturated heterocycles. The number of amides is 3. The van der Waals surface area contributed by atoms with Crippen LogP contribution in [0, 0.1) is 0 Å². The van der Waals surface area contributed by atoms with E-state index < -0.39 is 41.1 Å². The lowest BCUT2D eigenvalue weighted by atomic mass is 10.00. The van der Waals surface area contributed by atoms with E-state index in [4.69, 9.17) is 0 Å². The molecular formula is C16H16F3N3O3. The standard InChI is InChI=1S/C16H16F3N3O3/c1-21(2)9-4-3-8-7-22(10-5-6-11(23)20-14(10)24)15(25)12(8)13(9)16(17,18)19/h3-4,10H,5-7H2,1-2H3,(H,20,23,24). The zero-order valence-electron chi connectivity index (χ0n) is 13.6. The molecular weight excluding hydrogens is 339 g/mol. The summed E-state index contributed by atoms with van der Waals surface area (Å²) < 4.78 is 40.8. The van der Waals surface area contributed by atoms with Crippen molar-refractivity contribution >= 4 is 23.4 Å². The highest BCUT2D eigenvalue weighted by Gasteiger charge is 2.46. The van der Waals surface area contributed by atoms with Gasteiger partial charge in [0.15, 0.2) is 0 Å². The van der Waals surface area contributed by atoms with Gasteiger partial charge in [-0.25, -0.2) is 0 Å². The van der Waals surface area contributed by atoms with Gasteiger partial charge in [0.05, 0.1) is 11.1 Å².